The molecule has 124 valence electrons. The van der Waals surface area contributed by atoms with Crippen molar-refractivity contribution < 1.29 is 165 Å². The molecule has 0 bridgehead atoms. The molecule has 0 aromatic rings. The van der Waals surface area contributed by atoms with Crippen LogP contribution in [-0.2, 0) is 78.6 Å². The van der Waals surface area contributed by atoms with Crippen LogP contribution in [0, 0.1) is 14.9 Å². The van der Waals surface area contributed by atoms with E-state index >= 15 is 0 Å². The summed E-state index contributed by atoms with van der Waals surface area (Å²) in [6, 6.07) is 0. The summed E-state index contributed by atoms with van der Waals surface area (Å²) in [5.41, 5.74) is 0. The van der Waals surface area contributed by atoms with Gasteiger partial charge in [0.15, 0.2) is 0 Å². The maximum atomic E-state index is 0. The second-order valence-corrected chi connectivity index (χ2v) is 0. The van der Waals surface area contributed by atoms with Gasteiger partial charge in [0.1, 0.15) is 0 Å². The number of rotatable bonds is 0. The molecule has 0 saturated heterocycles. The van der Waals surface area contributed by atoms with E-state index in [1.165, 1.54) is 0 Å². The summed E-state index contributed by atoms with van der Waals surface area (Å²) < 4.78 is 0. The molecular weight excluding hydrogens is 548 g/mol. The maximum absolute atomic E-state index is 0. The first kappa shape index (κ1) is 741. The van der Waals surface area contributed by atoms with E-state index in [4.69, 9.17) is 0 Å². The van der Waals surface area contributed by atoms with Crippen LogP contribution in [-0.4, -0.2) is 49.3 Å². The number of hydrogen-bond donors (Lipinski definition) is 0. The van der Waals surface area contributed by atoms with Crippen LogP contribution in [0.2, 0.25) is 0 Å². The zero-order valence-electron chi connectivity index (χ0n) is 9.13. The van der Waals surface area contributed by atoms with Gasteiger partial charge in [-0.1, -0.05) is 0 Å². The zero-order valence-corrected chi connectivity index (χ0v) is 18.8. The van der Waals surface area contributed by atoms with Gasteiger partial charge in [-0.3, -0.25) is 0 Å². The smallest absolute Gasteiger partial charge is 0 e. The predicted octanol–water partition coefficient (Wildman–Crippen LogP) is -15.5. The standard InChI is InChI=1S/2CH3.3ClH.9H2O.3Zr/h2*1H3;3*1H;9*1H2;;;/q2*-1;;;;;;;;;;;;;;;/p-3. The Balaban J connectivity index is 0. The average molecular weight is 572 g/mol. The fourth-order valence-corrected chi connectivity index (χ4v) is 0. The molecule has 0 aromatic heterocycles. The van der Waals surface area contributed by atoms with Crippen LogP contribution in [0.15, 0.2) is 0 Å². The van der Waals surface area contributed by atoms with Crippen molar-refractivity contribution in [3.05, 3.63) is 14.9 Å². The molecule has 0 radical (unpaired) electrons. The SMILES string of the molecule is O.O.O.O.O.O.O.O.O.[CH3-].[CH3-].[Cl-].[Cl-].[Cl-].[Zr].[Zr].[Zr]. The van der Waals surface area contributed by atoms with Crippen LogP contribution in [0.5, 0.6) is 0 Å². The molecule has 9 nitrogen and oxygen atoms in total. The van der Waals surface area contributed by atoms with Gasteiger partial charge in [-0.25, -0.2) is 0 Å². The van der Waals surface area contributed by atoms with E-state index < -0.39 is 0 Å². The second-order valence-electron chi connectivity index (χ2n) is 0. The first-order valence-electron chi connectivity index (χ1n) is 0. The Labute approximate surface area is 178 Å². The van der Waals surface area contributed by atoms with Crippen molar-refractivity contribution in [1.82, 2.24) is 0 Å². The molecule has 17 heavy (non-hydrogen) atoms. The molecule has 0 spiro atoms. The zero-order chi connectivity index (χ0) is 0. The van der Waals surface area contributed by atoms with E-state index in [0.717, 1.165) is 0 Å². The van der Waals surface area contributed by atoms with Gasteiger partial charge in [0.25, 0.3) is 0 Å². The molecule has 0 aromatic carbocycles. The Hall–Kier alpha value is 3.16. The van der Waals surface area contributed by atoms with Gasteiger partial charge >= 0.3 is 0 Å². The third kappa shape index (κ3) is 565. The monoisotopic (exact) mass is 567 g/mol. The van der Waals surface area contributed by atoms with Crippen molar-refractivity contribution in [2.75, 3.05) is 0 Å². The summed E-state index contributed by atoms with van der Waals surface area (Å²) >= 11 is 0. The Morgan fingerprint density at radius 3 is 0.235 bits per heavy atom. The summed E-state index contributed by atoms with van der Waals surface area (Å²) in [4.78, 5) is 0. The van der Waals surface area contributed by atoms with Gasteiger partial charge < -0.3 is 101 Å². The van der Waals surface area contributed by atoms with Crippen molar-refractivity contribution >= 4 is 0 Å². The van der Waals surface area contributed by atoms with Crippen molar-refractivity contribution in [2.24, 2.45) is 0 Å². The summed E-state index contributed by atoms with van der Waals surface area (Å²) in [5.74, 6) is 0. The first-order chi connectivity index (χ1) is 0. The van der Waals surface area contributed by atoms with E-state index in [9.17, 15) is 0 Å². The van der Waals surface area contributed by atoms with E-state index in [0.29, 0.717) is 0 Å². The Morgan fingerprint density at radius 1 is 0.235 bits per heavy atom. The van der Waals surface area contributed by atoms with Gasteiger partial charge in [0, 0.05) is 78.6 Å². The van der Waals surface area contributed by atoms with Crippen LogP contribution < -0.4 is 37.2 Å². The van der Waals surface area contributed by atoms with Crippen molar-refractivity contribution in [3.63, 3.8) is 0 Å². The fourth-order valence-electron chi connectivity index (χ4n) is 0. The van der Waals surface area contributed by atoms with Crippen molar-refractivity contribution in [1.29, 1.82) is 0 Å². The molecule has 18 N–H and O–H groups in total. The van der Waals surface area contributed by atoms with Gasteiger partial charge in [-0.2, -0.15) is 0 Å². The Bertz CT molecular complexity index is 29.4. The van der Waals surface area contributed by atoms with E-state index in [1.807, 2.05) is 0 Å². The van der Waals surface area contributed by atoms with Gasteiger partial charge in [0.2, 0.25) is 0 Å². The van der Waals surface area contributed by atoms with Gasteiger partial charge in [-0.15, -0.1) is 0 Å². The molecule has 0 unspecified atom stereocenters. The van der Waals surface area contributed by atoms with Crippen LogP contribution >= 0.6 is 0 Å². The molecule has 0 saturated carbocycles. The molecule has 15 heteroatoms. The molecular formula is C2H24Cl3O9Zr3-5. The third-order valence-corrected chi connectivity index (χ3v) is 0. The molecule has 0 amide bonds. The Morgan fingerprint density at radius 2 is 0.235 bits per heavy atom. The van der Waals surface area contributed by atoms with Crippen molar-refractivity contribution in [2.45, 2.75) is 0 Å². The maximum Gasteiger partial charge on any atom is 0 e. The molecule has 0 fully saturated rings. The number of hydrogen-bond acceptors (Lipinski definition) is 0. The molecule has 0 atom stereocenters. The number of halogens is 3. The topological polar surface area (TPSA) is 284 Å². The third-order valence-electron chi connectivity index (χ3n) is 0. The van der Waals surface area contributed by atoms with Crippen molar-refractivity contribution in [3.8, 4) is 0 Å². The minimum Gasteiger partial charge on any atom is -1.00 e. The van der Waals surface area contributed by atoms with E-state index in [-0.39, 0.29) is 180 Å². The minimum atomic E-state index is 0. The predicted molar refractivity (Wildman–Crippen MR) is 45.4 cm³/mol. The Kier molecular flexibility index (Phi) is 27600. The average Bonchev–Trinajstić information content (AvgIpc) is 0. The molecule has 0 aliphatic rings. The molecule has 0 aliphatic carbocycles. The first-order valence-corrected chi connectivity index (χ1v) is 0. The molecule has 0 aliphatic heterocycles. The van der Waals surface area contributed by atoms with E-state index in [2.05, 4.69) is 0 Å². The quantitative estimate of drug-likeness (QED) is 0.245. The fraction of sp³-hybridized carbons (Fsp3) is 0. The summed E-state index contributed by atoms with van der Waals surface area (Å²) in [7, 11) is 0. The summed E-state index contributed by atoms with van der Waals surface area (Å²) in [6.07, 6.45) is 0. The van der Waals surface area contributed by atoms with Crippen LogP contribution in [0.1, 0.15) is 0 Å². The van der Waals surface area contributed by atoms with E-state index in [1.54, 1.807) is 0 Å². The molecule has 0 heterocycles. The summed E-state index contributed by atoms with van der Waals surface area (Å²) in [6.45, 7) is 0. The van der Waals surface area contributed by atoms with Gasteiger partial charge in [-0.05, 0) is 0 Å². The minimum absolute atomic E-state index is 0. The second kappa shape index (κ2) is 633. The molecule has 0 rings (SSSR count). The largest absolute Gasteiger partial charge is 1.00 e. The normalized spacial score (nSPS) is 0. The van der Waals surface area contributed by atoms with Crippen LogP contribution in [0.3, 0.4) is 0 Å². The summed E-state index contributed by atoms with van der Waals surface area (Å²) in [5, 5.41) is 0. The van der Waals surface area contributed by atoms with Gasteiger partial charge in [0.05, 0.1) is 0 Å². The van der Waals surface area contributed by atoms with Crippen LogP contribution in [0.4, 0.5) is 0 Å². The van der Waals surface area contributed by atoms with Crippen LogP contribution in [0.25, 0.3) is 0 Å².